The number of carbonyl (C=O) groups is 1. The fourth-order valence-corrected chi connectivity index (χ4v) is 2.86. The molecule has 1 aromatic heterocycles. The van der Waals surface area contributed by atoms with Gasteiger partial charge in [0.05, 0.1) is 12.6 Å². The molecular formula is C15H27N5O2. The van der Waals surface area contributed by atoms with Gasteiger partial charge in [0.1, 0.15) is 0 Å². The Labute approximate surface area is 132 Å². The number of carbonyl (C=O) groups excluding carboxylic acids is 1. The minimum Gasteiger partial charge on any atom is -0.347 e. The van der Waals surface area contributed by atoms with Crippen LogP contribution in [0.2, 0.25) is 0 Å². The molecule has 0 N–H and O–H groups in total. The van der Waals surface area contributed by atoms with Crippen LogP contribution in [0.1, 0.15) is 32.0 Å². The van der Waals surface area contributed by atoms with Gasteiger partial charge in [-0.15, -0.1) is 0 Å². The fourth-order valence-electron chi connectivity index (χ4n) is 2.86. The zero-order chi connectivity index (χ0) is 16.3. The van der Waals surface area contributed by atoms with Crippen LogP contribution in [0.25, 0.3) is 0 Å². The molecule has 1 saturated heterocycles. The Balaban J connectivity index is 1.88. The van der Waals surface area contributed by atoms with E-state index in [0.717, 1.165) is 31.8 Å². The van der Waals surface area contributed by atoms with Gasteiger partial charge in [-0.25, -0.2) is 0 Å². The molecule has 0 spiro atoms. The number of aromatic nitrogens is 2. The van der Waals surface area contributed by atoms with Gasteiger partial charge in [0, 0.05) is 39.6 Å². The molecule has 1 fully saturated rings. The normalized spacial score (nSPS) is 20.5. The molecule has 0 bridgehead atoms. The van der Waals surface area contributed by atoms with Gasteiger partial charge >= 0.3 is 0 Å². The predicted octanol–water partition coefficient (Wildman–Crippen LogP) is 0.615. The van der Waals surface area contributed by atoms with E-state index in [0.29, 0.717) is 18.5 Å². The summed E-state index contributed by atoms with van der Waals surface area (Å²) in [6.07, 6.45) is 1.82. The smallest absolute Gasteiger partial charge is 0.239 e. The third-order valence-corrected chi connectivity index (χ3v) is 4.37. The summed E-state index contributed by atoms with van der Waals surface area (Å²) in [6.45, 7) is 6.51. The summed E-state index contributed by atoms with van der Waals surface area (Å²) in [5.74, 6) is 1.57. The minimum atomic E-state index is -0.0646. The van der Waals surface area contributed by atoms with Crippen molar-refractivity contribution in [2.45, 2.75) is 45.3 Å². The van der Waals surface area contributed by atoms with Crippen LogP contribution in [0.3, 0.4) is 0 Å². The van der Waals surface area contributed by atoms with Crippen molar-refractivity contribution in [3.63, 3.8) is 0 Å². The number of likely N-dealkylation sites (tertiary alicyclic amines) is 1. The summed E-state index contributed by atoms with van der Waals surface area (Å²) in [5.41, 5.74) is 0. The molecule has 0 saturated carbocycles. The molecule has 1 amide bonds. The van der Waals surface area contributed by atoms with Crippen LogP contribution in [-0.2, 0) is 17.8 Å². The number of hydrogen-bond donors (Lipinski definition) is 0. The molecule has 124 valence electrons. The maximum atomic E-state index is 12.1. The Bertz CT molecular complexity index is 502. The van der Waals surface area contributed by atoms with E-state index in [1.54, 1.807) is 19.0 Å². The summed E-state index contributed by atoms with van der Waals surface area (Å²) in [4.78, 5) is 22.6. The second kappa shape index (κ2) is 7.19. The van der Waals surface area contributed by atoms with Crippen LogP contribution >= 0.6 is 0 Å². The maximum absolute atomic E-state index is 12.1. The number of nitrogens with zero attached hydrogens (tertiary/aromatic N) is 5. The van der Waals surface area contributed by atoms with Crippen LogP contribution in [0.15, 0.2) is 4.52 Å². The Morgan fingerprint density at radius 2 is 2.18 bits per heavy atom. The zero-order valence-corrected chi connectivity index (χ0v) is 14.2. The second-order valence-corrected chi connectivity index (χ2v) is 6.22. The van der Waals surface area contributed by atoms with E-state index in [4.69, 9.17) is 4.52 Å². The zero-order valence-electron chi connectivity index (χ0n) is 14.2. The van der Waals surface area contributed by atoms with Crippen molar-refractivity contribution in [1.29, 1.82) is 0 Å². The number of amides is 1. The van der Waals surface area contributed by atoms with E-state index in [1.165, 1.54) is 0 Å². The molecule has 7 heteroatoms. The lowest BCUT2D eigenvalue weighted by Crippen LogP contribution is -2.45. The van der Waals surface area contributed by atoms with Gasteiger partial charge in [0.2, 0.25) is 11.8 Å². The van der Waals surface area contributed by atoms with Crippen molar-refractivity contribution in [3.8, 4) is 0 Å². The average Bonchev–Trinajstić information content (AvgIpc) is 3.14. The summed E-state index contributed by atoms with van der Waals surface area (Å²) in [5, 5.41) is 4.00. The number of rotatable bonds is 6. The minimum absolute atomic E-state index is 0.0646. The van der Waals surface area contributed by atoms with E-state index in [-0.39, 0.29) is 11.9 Å². The first-order valence-electron chi connectivity index (χ1n) is 7.89. The highest BCUT2D eigenvalue weighted by molar-refractivity contribution is 5.80. The molecule has 1 aliphatic rings. The molecule has 1 aromatic rings. The van der Waals surface area contributed by atoms with Crippen LogP contribution in [-0.4, -0.2) is 77.1 Å². The summed E-state index contributed by atoms with van der Waals surface area (Å²) in [7, 11) is 5.69. The molecule has 0 radical (unpaired) electrons. The molecule has 7 nitrogen and oxygen atoms in total. The lowest BCUT2D eigenvalue weighted by atomic mass is 10.2. The first-order chi connectivity index (χ1) is 10.4. The van der Waals surface area contributed by atoms with Gasteiger partial charge in [-0.05, 0) is 20.4 Å². The average molecular weight is 309 g/mol. The topological polar surface area (TPSA) is 65.7 Å². The molecular weight excluding hydrogens is 282 g/mol. The fraction of sp³-hybridized carbons (Fsp3) is 0.800. The monoisotopic (exact) mass is 309 g/mol. The molecule has 0 aromatic carbocycles. The van der Waals surface area contributed by atoms with Crippen molar-refractivity contribution < 1.29 is 9.32 Å². The largest absolute Gasteiger partial charge is 0.347 e. The standard InChI is InChI=1S/C15H27N5O2/c1-6-14-16-13(17-22-14)10-19(5)12-7-8-20(9-12)11(2)15(21)18(3)4/h11-12H,6-10H2,1-5H3/t11-,12+/m1/s1. The van der Waals surface area contributed by atoms with Crippen molar-refractivity contribution in [3.05, 3.63) is 11.7 Å². The van der Waals surface area contributed by atoms with Gasteiger partial charge in [0.25, 0.3) is 0 Å². The molecule has 2 atom stereocenters. The van der Waals surface area contributed by atoms with E-state index in [9.17, 15) is 4.79 Å². The number of likely N-dealkylation sites (N-methyl/N-ethyl adjacent to an activating group) is 2. The van der Waals surface area contributed by atoms with Gasteiger partial charge in [-0.2, -0.15) is 4.98 Å². The predicted molar refractivity (Wildman–Crippen MR) is 83.3 cm³/mol. The highest BCUT2D eigenvalue weighted by atomic mass is 16.5. The lowest BCUT2D eigenvalue weighted by Gasteiger charge is -2.27. The second-order valence-electron chi connectivity index (χ2n) is 6.22. The van der Waals surface area contributed by atoms with E-state index >= 15 is 0 Å². The molecule has 22 heavy (non-hydrogen) atoms. The highest BCUT2D eigenvalue weighted by Gasteiger charge is 2.32. The van der Waals surface area contributed by atoms with Crippen LogP contribution in [0, 0.1) is 0 Å². The Morgan fingerprint density at radius 1 is 1.45 bits per heavy atom. The summed E-state index contributed by atoms with van der Waals surface area (Å²) < 4.78 is 5.15. The van der Waals surface area contributed by atoms with Gasteiger partial charge in [-0.3, -0.25) is 14.6 Å². The molecule has 2 rings (SSSR count). The Hall–Kier alpha value is -1.47. The maximum Gasteiger partial charge on any atom is 0.239 e. The van der Waals surface area contributed by atoms with Gasteiger partial charge < -0.3 is 9.42 Å². The molecule has 0 aliphatic carbocycles. The van der Waals surface area contributed by atoms with Crippen molar-refractivity contribution in [2.24, 2.45) is 0 Å². The van der Waals surface area contributed by atoms with Crippen molar-refractivity contribution in [2.75, 3.05) is 34.2 Å². The quantitative estimate of drug-likeness (QED) is 0.767. The molecule has 0 unspecified atom stereocenters. The third-order valence-electron chi connectivity index (χ3n) is 4.37. The lowest BCUT2D eigenvalue weighted by molar-refractivity contribution is -0.133. The highest BCUT2D eigenvalue weighted by Crippen LogP contribution is 2.19. The van der Waals surface area contributed by atoms with Crippen molar-refractivity contribution in [1.82, 2.24) is 24.8 Å². The van der Waals surface area contributed by atoms with Crippen LogP contribution in [0.4, 0.5) is 0 Å². The van der Waals surface area contributed by atoms with Crippen LogP contribution < -0.4 is 0 Å². The first-order valence-corrected chi connectivity index (χ1v) is 7.89. The first kappa shape index (κ1) is 16.9. The molecule has 2 heterocycles. The van der Waals surface area contributed by atoms with Gasteiger partial charge in [-0.1, -0.05) is 12.1 Å². The van der Waals surface area contributed by atoms with Crippen LogP contribution in [0.5, 0.6) is 0 Å². The Kier molecular flexibility index (Phi) is 5.52. The number of hydrogen-bond acceptors (Lipinski definition) is 6. The summed E-state index contributed by atoms with van der Waals surface area (Å²) in [6, 6.07) is 0.353. The van der Waals surface area contributed by atoms with E-state index < -0.39 is 0 Å². The number of aryl methyl sites for hydroxylation is 1. The van der Waals surface area contributed by atoms with Crippen molar-refractivity contribution >= 4 is 5.91 Å². The van der Waals surface area contributed by atoms with E-state index in [1.807, 2.05) is 13.8 Å². The molecule has 1 aliphatic heterocycles. The Morgan fingerprint density at radius 3 is 2.77 bits per heavy atom. The van der Waals surface area contributed by atoms with Gasteiger partial charge in [0.15, 0.2) is 5.82 Å². The van der Waals surface area contributed by atoms with E-state index in [2.05, 4.69) is 27.0 Å². The third kappa shape index (κ3) is 3.84. The SMILES string of the molecule is CCc1nc(CN(C)[C@H]2CCN([C@H](C)C(=O)N(C)C)C2)no1. The summed E-state index contributed by atoms with van der Waals surface area (Å²) >= 11 is 0.